The van der Waals surface area contributed by atoms with Crippen LogP contribution in [0.15, 0.2) is 18.2 Å². The van der Waals surface area contributed by atoms with E-state index in [0.29, 0.717) is 11.5 Å². The lowest BCUT2D eigenvalue weighted by molar-refractivity contribution is 0.214. The molecule has 4 heteroatoms. The van der Waals surface area contributed by atoms with Crippen molar-refractivity contribution in [2.24, 2.45) is 0 Å². The summed E-state index contributed by atoms with van der Waals surface area (Å²) >= 11 is 0. The van der Waals surface area contributed by atoms with Crippen LogP contribution in [0.1, 0.15) is 34.2 Å². The minimum atomic E-state index is -0.706. The standard InChI is InChI=1S/C16H21NO3/c1-9-10(2)15(17-11(9)3)16(18)12-6-7-13(19-4)14(8-12)20-5/h6-8,16-18H,1-5H3. The van der Waals surface area contributed by atoms with Crippen molar-refractivity contribution in [3.63, 3.8) is 0 Å². The van der Waals surface area contributed by atoms with E-state index in [1.165, 1.54) is 5.56 Å². The molecule has 1 aromatic carbocycles. The lowest BCUT2D eigenvalue weighted by Gasteiger charge is -2.14. The molecule has 108 valence electrons. The Hall–Kier alpha value is -1.94. The Kier molecular flexibility index (Phi) is 4.04. The smallest absolute Gasteiger partial charge is 0.161 e. The van der Waals surface area contributed by atoms with E-state index in [1.807, 2.05) is 26.8 Å². The Bertz CT molecular complexity index is 616. The molecule has 1 unspecified atom stereocenters. The van der Waals surface area contributed by atoms with Gasteiger partial charge >= 0.3 is 0 Å². The Labute approximate surface area is 119 Å². The van der Waals surface area contributed by atoms with Crippen LogP contribution < -0.4 is 9.47 Å². The van der Waals surface area contributed by atoms with Gasteiger partial charge in [-0.3, -0.25) is 0 Å². The second kappa shape index (κ2) is 5.59. The number of hydrogen-bond donors (Lipinski definition) is 2. The molecule has 0 radical (unpaired) electrons. The normalized spacial score (nSPS) is 12.3. The fourth-order valence-electron chi connectivity index (χ4n) is 2.34. The van der Waals surface area contributed by atoms with Gasteiger partial charge in [-0.2, -0.15) is 0 Å². The number of rotatable bonds is 4. The van der Waals surface area contributed by atoms with Crippen molar-refractivity contribution in [2.75, 3.05) is 14.2 Å². The fraction of sp³-hybridized carbons (Fsp3) is 0.375. The third kappa shape index (κ3) is 2.39. The van der Waals surface area contributed by atoms with Crippen LogP contribution in [0.3, 0.4) is 0 Å². The van der Waals surface area contributed by atoms with Crippen LogP contribution in [0.4, 0.5) is 0 Å². The average molecular weight is 275 g/mol. The van der Waals surface area contributed by atoms with E-state index < -0.39 is 6.10 Å². The number of aromatic nitrogens is 1. The van der Waals surface area contributed by atoms with Crippen molar-refractivity contribution in [2.45, 2.75) is 26.9 Å². The summed E-state index contributed by atoms with van der Waals surface area (Å²) in [4.78, 5) is 3.25. The number of aryl methyl sites for hydroxylation is 1. The average Bonchev–Trinajstić information content (AvgIpc) is 2.73. The Morgan fingerprint density at radius 3 is 2.15 bits per heavy atom. The molecule has 2 rings (SSSR count). The highest BCUT2D eigenvalue weighted by molar-refractivity contribution is 5.46. The quantitative estimate of drug-likeness (QED) is 0.901. The molecule has 2 aromatic rings. The molecule has 0 fully saturated rings. The third-order valence-electron chi connectivity index (χ3n) is 3.85. The fourth-order valence-corrected chi connectivity index (χ4v) is 2.34. The number of H-pyrrole nitrogens is 1. The molecule has 0 aliphatic heterocycles. The van der Waals surface area contributed by atoms with Gasteiger partial charge in [0.15, 0.2) is 11.5 Å². The van der Waals surface area contributed by atoms with Gasteiger partial charge in [-0.15, -0.1) is 0 Å². The van der Waals surface area contributed by atoms with Gasteiger partial charge in [0.25, 0.3) is 0 Å². The van der Waals surface area contributed by atoms with Gasteiger partial charge in [-0.05, 0) is 49.6 Å². The van der Waals surface area contributed by atoms with Gasteiger partial charge < -0.3 is 19.6 Å². The van der Waals surface area contributed by atoms with E-state index >= 15 is 0 Å². The molecule has 1 aromatic heterocycles. The Morgan fingerprint density at radius 1 is 1.00 bits per heavy atom. The SMILES string of the molecule is COc1ccc(C(O)c2[nH]c(C)c(C)c2C)cc1OC. The van der Waals surface area contributed by atoms with Crippen LogP contribution in [0.25, 0.3) is 0 Å². The van der Waals surface area contributed by atoms with Crippen molar-refractivity contribution in [3.05, 3.63) is 46.3 Å². The maximum Gasteiger partial charge on any atom is 0.161 e. The van der Waals surface area contributed by atoms with E-state index in [-0.39, 0.29) is 0 Å². The number of aromatic amines is 1. The van der Waals surface area contributed by atoms with Crippen LogP contribution >= 0.6 is 0 Å². The lowest BCUT2D eigenvalue weighted by atomic mass is 10.0. The minimum Gasteiger partial charge on any atom is -0.493 e. The number of methoxy groups -OCH3 is 2. The minimum absolute atomic E-state index is 0.613. The molecule has 2 N–H and O–H groups in total. The molecule has 0 aliphatic carbocycles. The van der Waals surface area contributed by atoms with Gasteiger partial charge in [0, 0.05) is 5.69 Å². The maximum absolute atomic E-state index is 10.6. The molecule has 1 atom stereocenters. The van der Waals surface area contributed by atoms with E-state index in [4.69, 9.17) is 9.47 Å². The molecule has 0 amide bonds. The van der Waals surface area contributed by atoms with E-state index in [9.17, 15) is 5.11 Å². The largest absolute Gasteiger partial charge is 0.493 e. The molecule has 0 saturated heterocycles. The maximum atomic E-state index is 10.6. The first-order valence-electron chi connectivity index (χ1n) is 6.55. The summed E-state index contributed by atoms with van der Waals surface area (Å²) in [6.07, 6.45) is -0.706. The third-order valence-corrected chi connectivity index (χ3v) is 3.85. The van der Waals surface area contributed by atoms with Crippen LogP contribution in [-0.4, -0.2) is 24.3 Å². The second-order valence-corrected chi connectivity index (χ2v) is 4.93. The first-order chi connectivity index (χ1) is 9.49. The highest BCUT2D eigenvalue weighted by Gasteiger charge is 2.19. The summed E-state index contributed by atoms with van der Waals surface area (Å²) in [7, 11) is 3.18. The van der Waals surface area contributed by atoms with Gasteiger partial charge in [0.05, 0.1) is 19.9 Å². The Morgan fingerprint density at radius 2 is 1.65 bits per heavy atom. The number of aliphatic hydroxyl groups is 1. The first-order valence-corrected chi connectivity index (χ1v) is 6.55. The molecular formula is C16H21NO3. The molecule has 0 bridgehead atoms. The predicted octanol–water partition coefficient (Wildman–Crippen LogP) is 3.04. The lowest BCUT2D eigenvalue weighted by Crippen LogP contribution is -2.03. The van der Waals surface area contributed by atoms with Crippen molar-refractivity contribution in [3.8, 4) is 11.5 Å². The topological polar surface area (TPSA) is 54.5 Å². The zero-order valence-electron chi connectivity index (χ0n) is 12.6. The number of ether oxygens (including phenoxy) is 2. The summed E-state index contributed by atoms with van der Waals surface area (Å²) in [5.74, 6) is 1.26. The molecule has 0 saturated carbocycles. The number of aliphatic hydroxyl groups excluding tert-OH is 1. The zero-order chi connectivity index (χ0) is 14.9. The molecule has 0 spiro atoms. The second-order valence-electron chi connectivity index (χ2n) is 4.93. The summed E-state index contributed by atoms with van der Waals surface area (Å²) in [6.45, 7) is 6.07. The van der Waals surface area contributed by atoms with E-state index in [2.05, 4.69) is 4.98 Å². The van der Waals surface area contributed by atoms with Gasteiger partial charge in [-0.1, -0.05) is 6.07 Å². The number of nitrogens with one attached hydrogen (secondary N) is 1. The van der Waals surface area contributed by atoms with Crippen LogP contribution in [-0.2, 0) is 0 Å². The van der Waals surface area contributed by atoms with Crippen molar-refractivity contribution in [1.82, 2.24) is 4.98 Å². The van der Waals surface area contributed by atoms with Crippen molar-refractivity contribution < 1.29 is 14.6 Å². The summed E-state index contributed by atoms with van der Waals surface area (Å²) in [5, 5.41) is 10.6. The highest BCUT2D eigenvalue weighted by Crippen LogP contribution is 2.33. The monoisotopic (exact) mass is 275 g/mol. The van der Waals surface area contributed by atoms with Gasteiger partial charge in [0.2, 0.25) is 0 Å². The van der Waals surface area contributed by atoms with Crippen LogP contribution in [0.5, 0.6) is 11.5 Å². The summed E-state index contributed by atoms with van der Waals surface area (Å²) in [5.41, 5.74) is 4.94. The number of benzene rings is 1. The zero-order valence-corrected chi connectivity index (χ0v) is 12.6. The van der Waals surface area contributed by atoms with E-state index in [1.54, 1.807) is 26.4 Å². The first kappa shape index (κ1) is 14.5. The molecular weight excluding hydrogens is 254 g/mol. The van der Waals surface area contributed by atoms with Gasteiger partial charge in [-0.25, -0.2) is 0 Å². The molecule has 4 nitrogen and oxygen atoms in total. The van der Waals surface area contributed by atoms with Crippen LogP contribution in [0, 0.1) is 20.8 Å². The number of hydrogen-bond acceptors (Lipinski definition) is 3. The molecule has 20 heavy (non-hydrogen) atoms. The van der Waals surface area contributed by atoms with Crippen LogP contribution in [0.2, 0.25) is 0 Å². The van der Waals surface area contributed by atoms with Gasteiger partial charge in [0.1, 0.15) is 6.10 Å². The molecule has 0 aliphatic rings. The molecule has 1 heterocycles. The van der Waals surface area contributed by atoms with Crippen molar-refractivity contribution >= 4 is 0 Å². The summed E-state index contributed by atoms with van der Waals surface area (Å²) < 4.78 is 10.5. The van der Waals surface area contributed by atoms with Crippen molar-refractivity contribution in [1.29, 1.82) is 0 Å². The highest BCUT2D eigenvalue weighted by atomic mass is 16.5. The Balaban J connectivity index is 2.42. The van der Waals surface area contributed by atoms with E-state index in [0.717, 1.165) is 22.5 Å². The predicted molar refractivity (Wildman–Crippen MR) is 78.6 cm³/mol. The summed E-state index contributed by atoms with van der Waals surface area (Å²) in [6, 6.07) is 5.45.